The molecule has 1 aliphatic heterocycles. The predicted octanol–water partition coefficient (Wildman–Crippen LogP) is 4.28. The largest absolute Gasteiger partial charge is 0.298 e. The maximum absolute atomic E-state index is 12.9. The Labute approximate surface area is 144 Å². The molecular formula is C22H23NO. The average molecular weight is 317 g/mol. The minimum atomic E-state index is 0.161. The molecule has 0 bridgehead atoms. The quantitative estimate of drug-likeness (QED) is 0.770. The van der Waals surface area contributed by atoms with Gasteiger partial charge < -0.3 is 0 Å². The number of nitrogens with zero attached hydrogens (tertiary/aromatic N) is 1. The van der Waals surface area contributed by atoms with Gasteiger partial charge in [-0.1, -0.05) is 59.7 Å². The molecule has 0 atom stereocenters. The van der Waals surface area contributed by atoms with E-state index in [1.54, 1.807) is 0 Å². The van der Waals surface area contributed by atoms with Gasteiger partial charge >= 0.3 is 0 Å². The molecule has 0 unspecified atom stereocenters. The molecule has 1 heterocycles. The number of rotatable bonds is 2. The Balaban J connectivity index is 1.90. The molecule has 1 saturated heterocycles. The second-order valence-corrected chi connectivity index (χ2v) is 6.66. The van der Waals surface area contributed by atoms with Crippen molar-refractivity contribution in [3.05, 3.63) is 81.9 Å². The van der Waals surface area contributed by atoms with Crippen molar-refractivity contribution < 1.29 is 4.79 Å². The summed E-state index contributed by atoms with van der Waals surface area (Å²) in [5.74, 6) is 0.161. The summed E-state index contributed by atoms with van der Waals surface area (Å²) in [5, 5.41) is 0. The standard InChI is InChI=1S/C22H23NO/c1-16-4-8-18(9-5-16)12-20-14-23(3)15-21(22(20)24)13-19-10-6-17(2)7-11-19/h4-13H,14-15H2,1-3H3/b20-12+,21-13?. The summed E-state index contributed by atoms with van der Waals surface area (Å²) in [6.45, 7) is 5.52. The summed E-state index contributed by atoms with van der Waals surface area (Å²) >= 11 is 0. The molecule has 1 aliphatic rings. The van der Waals surface area contributed by atoms with Crippen molar-refractivity contribution in [1.82, 2.24) is 4.90 Å². The predicted molar refractivity (Wildman–Crippen MR) is 101 cm³/mol. The molecule has 24 heavy (non-hydrogen) atoms. The minimum Gasteiger partial charge on any atom is -0.298 e. The van der Waals surface area contributed by atoms with Gasteiger partial charge in [0.15, 0.2) is 5.78 Å². The van der Waals surface area contributed by atoms with Gasteiger partial charge in [0, 0.05) is 24.2 Å². The number of benzene rings is 2. The van der Waals surface area contributed by atoms with Crippen molar-refractivity contribution in [1.29, 1.82) is 0 Å². The molecule has 2 aromatic rings. The Kier molecular flexibility index (Phi) is 4.77. The Hall–Kier alpha value is -2.45. The van der Waals surface area contributed by atoms with E-state index in [2.05, 4.69) is 74.3 Å². The molecular weight excluding hydrogens is 294 g/mol. The summed E-state index contributed by atoms with van der Waals surface area (Å²) in [6, 6.07) is 16.6. The first kappa shape index (κ1) is 16.4. The molecule has 2 nitrogen and oxygen atoms in total. The Morgan fingerprint density at radius 1 is 0.750 bits per heavy atom. The van der Waals surface area contributed by atoms with E-state index in [-0.39, 0.29) is 5.78 Å². The van der Waals surface area contributed by atoms with Crippen LogP contribution in [0, 0.1) is 13.8 Å². The fraction of sp³-hybridized carbons (Fsp3) is 0.227. The zero-order valence-corrected chi connectivity index (χ0v) is 14.5. The molecule has 2 aromatic carbocycles. The van der Waals surface area contributed by atoms with Crippen molar-refractivity contribution in [3.63, 3.8) is 0 Å². The van der Waals surface area contributed by atoms with E-state index in [0.29, 0.717) is 13.1 Å². The van der Waals surface area contributed by atoms with Gasteiger partial charge in [-0.2, -0.15) is 0 Å². The lowest BCUT2D eigenvalue weighted by molar-refractivity contribution is -0.113. The molecule has 3 rings (SSSR count). The normalized spacial score (nSPS) is 19.2. The number of aryl methyl sites for hydroxylation is 2. The van der Waals surface area contributed by atoms with Crippen molar-refractivity contribution in [2.45, 2.75) is 13.8 Å². The van der Waals surface area contributed by atoms with E-state index < -0.39 is 0 Å². The first-order chi connectivity index (χ1) is 11.5. The molecule has 0 N–H and O–H groups in total. The van der Waals surface area contributed by atoms with Crippen LogP contribution in [0.5, 0.6) is 0 Å². The van der Waals surface area contributed by atoms with Crippen molar-refractivity contribution in [2.75, 3.05) is 20.1 Å². The van der Waals surface area contributed by atoms with Crippen LogP contribution in [0.15, 0.2) is 59.7 Å². The van der Waals surface area contributed by atoms with Crippen LogP contribution < -0.4 is 0 Å². The average Bonchev–Trinajstić information content (AvgIpc) is 2.56. The third-order valence-electron chi connectivity index (χ3n) is 4.30. The van der Waals surface area contributed by atoms with Crippen LogP contribution in [-0.4, -0.2) is 30.8 Å². The van der Waals surface area contributed by atoms with E-state index in [1.165, 1.54) is 11.1 Å². The second kappa shape index (κ2) is 6.98. The van der Waals surface area contributed by atoms with Gasteiger partial charge in [-0.05, 0) is 44.2 Å². The van der Waals surface area contributed by atoms with Gasteiger partial charge in [-0.15, -0.1) is 0 Å². The highest BCUT2D eigenvalue weighted by Crippen LogP contribution is 2.21. The molecule has 0 aromatic heterocycles. The molecule has 1 fully saturated rings. The van der Waals surface area contributed by atoms with E-state index in [9.17, 15) is 4.79 Å². The first-order valence-corrected chi connectivity index (χ1v) is 8.29. The smallest absolute Gasteiger partial charge is 0.187 e. The van der Waals surface area contributed by atoms with Gasteiger partial charge in [-0.25, -0.2) is 0 Å². The Morgan fingerprint density at radius 3 is 1.50 bits per heavy atom. The third kappa shape index (κ3) is 3.90. The molecule has 0 amide bonds. The lowest BCUT2D eigenvalue weighted by Gasteiger charge is -2.26. The number of likely N-dealkylation sites (tertiary alicyclic amines) is 1. The van der Waals surface area contributed by atoms with E-state index in [4.69, 9.17) is 0 Å². The van der Waals surface area contributed by atoms with Crippen LogP contribution in [0.4, 0.5) is 0 Å². The molecule has 0 radical (unpaired) electrons. The van der Waals surface area contributed by atoms with Gasteiger partial charge in [0.2, 0.25) is 0 Å². The highest BCUT2D eigenvalue weighted by Gasteiger charge is 2.23. The minimum absolute atomic E-state index is 0.161. The van der Waals surface area contributed by atoms with Crippen molar-refractivity contribution >= 4 is 17.9 Å². The second-order valence-electron chi connectivity index (χ2n) is 6.66. The number of carbonyl (C=O) groups excluding carboxylic acids is 1. The fourth-order valence-electron chi connectivity index (χ4n) is 2.94. The summed E-state index contributed by atoms with van der Waals surface area (Å²) in [5.41, 5.74) is 6.31. The fourth-order valence-corrected chi connectivity index (χ4v) is 2.94. The highest BCUT2D eigenvalue weighted by molar-refractivity contribution is 6.14. The Morgan fingerprint density at radius 2 is 1.12 bits per heavy atom. The van der Waals surface area contributed by atoms with Crippen LogP contribution in [-0.2, 0) is 4.79 Å². The first-order valence-electron chi connectivity index (χ1n) is 8.29. The van der Waals surface area contributed by atoms with Gasteiger partial charge in [0.25, 0.3) is 0 Å². The van der Waals surface area contributed by atoms with E-state index in [1.807, 2.05) is 12.2 Å². The monoisotopic (exact) mass is 317 g/mol. The number of Topliss-reactive ketones (excluding diaryl/α,β-unsaturated/α-hetero) is 1. The summed E-state index contributed by atoms with van der Waals surface area (Å²) in [4.78, 5) is 15.0. The molecule has 0 saturated carbocycles. The lowest BCUT2D eigenvalue weighted by atomic mass is 9.94. The van der Waals surface area contributed by atoms with Crippen LogP contribution in [0.1, 0.15) is 22.3 Å². The van der Waals surface area contributed by atoms with Gasteiger partial charge in [0.05, 0.1) is 0 Å². The Bertz CT molecular complexity index is 727. The number of hydrogen-bond acceptors (Lipinski definition) is 2. The molecule has 122 valence electrons. The number of piperidine rings is 1. The lowest BCUT2D eigenvalue weighted by Crippen LogP contribution is -2.34. The van der Waals surface area contributed by atoms with Gasteiger partial charge in [-0.3, -0.25) is 9.69 Å². The van der Waals surface area contributed by atoms with E-state index >= 15 is 0 Å². The zero-order valence-electron chi connectivity index (χ0n) is 14.5. The number of hydrogen-bond donors (Lipinski definition) is 0. The summed E-state index contributed by atoms with van der Waals surface area (Å²) in [7, 11) is 2.05. The number of carbonyl (C=O) groups is 1. The molecule has 2 heteroatoms. The van der Waals surface area contributed by atoms with Crippen LogP contribution in [0.25, 0.3) is 12.2 Å². The summed E-state index contributed by atoms with van der Waals surface area (Å²) < 4.78 is 0. The maximum atomic E-state index is 12.9. The zero-order chi connectivity index (χ0) is 17.1. The highest BCUT2D eigenvalue weighted by atomic mass is 16.1. The number of likely N-dealkylation sites (N-methyl/N-ethyl adjacent to an activating group) is 1. The summed E-state index contributed by atoms with van der Waals surface area (Å²) in [6.07, 6.45) is 4.03. The van der Waals surface area contributed by atoms with Crippen LogP contribution >= 0.6 is 0 Å². The van der Waals surface area contributed by atoms with Crippen molar-refractivity contribution in [2.24, 2.45) is 0 Å². The SMILES string of the molecule is Cc1ccc(C=C2CN(C)C/C(=C\c3ccc(C)cc3)C2=O)cc1. The van der Waals surface area contributed by atoms with Crippen LogP contribution in [0.3, 0.4) is 0 Å². The molecule has 0 spiro atoms. The number of ketones is 1. The van der Waals surface area contributed by atoms with Gasteiger partial charge in [0.1, 0.15) is 0 Å². The third-order valence-corrected chi connectivity index (χ3v) is 4.30. The topological polar surface area (TPSA) is 20.3 Å². The van der Waals surface area contributed by atoms with Crippen molar-refractivity contribution in [3.8, 4) is 0 Å². The van der Waals surface area contributed by atoms with E-state index in [0.717, 1.165) is 22.3 Å². The maximum Gasteiger partial charge on any atom is 0.187 e. The van der Waals surface area contributed by atoms with Crippen LogP contribution in [0.2, 0.25) is 0 Å². The molecule has 0 aliphatic carbocycles.